The quantitative estimate of drug-likeness (QED) is 0.467. The van der Waals surface area contributed by atoms with Crippen molar-refractivity contribution in [1.82, 2.24) is 0 Å². The summed E-state index contributed by atoms with van der Waals surface area (Å²) in [6.45, 7) is 17.4. The second-order valence-corrected chi connectivity index (χ2v) is 10.5. The zero-order chi connectivity index (χ0) is 20.7. The highest BCUT2D eigenvalue weighted by Crippen LogP contribution is 2.57. The highest BCUT2D eigenvalue weighted by molar-refractivity contribution is 5.70. The van der Waals surface area contributed by atoms with E-state index in [9.17, 15) is 9.90 Å². The van der Waals surface area contributed by atoms with Crippen LogP contribution >= 0.6 is 0 Å². The third kappa shape index (κ3) is 4.23. The first kappa shape index (κ1) is 21.6. The number of carboxylic acids is 1. The van der Waals surface area contributed by atoms with Crippen LogP contribution < -0.4 is 0 Å². The van der Waals surface area contributed by atoms with Crippen molar-refractivity contribution in [3.8, 4) is 0 Å². The molecule has 4 heteroatoms. The first-order chi connectivity index (χ1) is 13.0. The van der Waals surface area contributed by atoms with Gasteiger partial charge in [-0.3, -0.25) is 4.79 Å². The predicted octanol–water partition coefficient (Wildman–Crippen LogP) is 5.93. The van der Waals surface area contributed by atoms with Crippen molar-refractivity contribution in [2.75, 3.05) is 0 Å². The van der Waals surface area contributed by atoms with E-state index in [-0.39, 0.29) is 17.1 Å². The van der Waals surface area contributed by atoms with Gasteiger partial charge in [0.2, 0.25) is 0 Å². The maximum Gasteiger partial charge on any atom is 0.308 e. The van der Waals surface area contributed by atoms with Crippen molar-refractivity contribution >= 4 is 5.97 Å². The number of aliphatic carboxylic acids is 1. The second-order valence-electron chi connectivity index (χ2n) is 10.5. The molecule has 0 aromatic carbocycles. The van der Waals surface area contributed by atoms with E-state index < -0.39 is 11.9 Å². The number of carboxylic acid groups (broad SMARTS) is 1. The van der Waals surface area contributed by atoms with Crippen molar-refractivity contribution in [2.24, 2.45) is 29.1 Å². The van der Waals surface area contributed by atoms with Crippen LogP contribution in [0.3, 0.4) is 0 Å². The third-order valence-corrected chi connectivity index (χ3v) is 8.04. The van der Waals surface area contributed by atoms with Gasteiger partial charge in [-0.05, 0) is 88.4 Å². The van der Waals surface area contributed by atoms with Crippen LogP contribution in [0.2, 0.25) is 0 Å². The Morgan fingerprint density at radius 2 is 1.96 bits per heavy atom. The third-order valence-electron chi connectivity index (χ3n) is 8.04. The van der Waals surface area contributed by atoms with Gasteiger partial charge in [0.05, 0.1) is 5.92 Å². The fourth-order valence-electron chi connectivity index (χ4n) is 6.07. The molecule has 0 radical (unpaired) electrons. The Labute approximate surface area is 170 Å². The monoisotopic (exact) mass is 390 g/mol. The molecule has 1 aliphatic heterocycles. The Balaban J connectivity index is 1.60. The van der Waals surface area contributed by atoms with E-state index in [2.05, 4.69) is 33.9 Å². The molecule has 3 fully saturated rings. The molecule has 1 saturated heterocycles. The van der Waals surface area contributed by atoms with Crippen LogP contribution in [0.15, 0.2) is 24.3 Å². The molecular weight excluding hydrogens is 352 g/mol. The summed E-state index contributed by atoms with van der Waals surface area (Å²) in [5.41, 5.74) is 2.70. The summed E-state index contributed by atoms with van der Waals surface area (Å²) in [6, 6.07) is 0. The Morgan fingerprint density at radius 1 is 1.25 bits per heavy atom. The standard InChI is InChI=1S/C24H38O4/c1-15-7-8-20-18(13-15)14-16(2)19(23(20,4)5)9-11-24(6)12-10-21(27-28-24)17(3)22(25)26/h17-21H,1-2,7-14H2,3-6H3,(H,25,26)/t17-,18-,19+,20+,21-,24+/m0/s1. The average molecular weight is 391 g/mol. The fraction of sp³-hybridized carbons (Fsp3) is 0.792. The fourth-order valence-corrected chi connectivity index (χ4v) is 6.07. The molecule has 1 N–H and O–H groups in total. The molecule has 0 aromatic rings. The Bertz CT molecular complexity index is 627. The Morgan fingerprint density at radius 3 is 2.57 bits per heavy atom. The molecule has 28 heavy (non-hydrogen) atoms. The van der Waals surface area contributed by atoms with Crippen molar-refractivity contribution in [1.29, 1.82) is 0 Å². The average Bonchev–Trinajstić information content (AvgIpc) is 2.60. The van der Waals surface area contributed by atoms with E-state index in [4.69, 9.17) is 9.78 Å². The molecule has 6 atom stereocenters. The van der Waals surface area contributed by atoms with Crippen molar-refractivity contribution < 1.29 is 19.7 Å². The lowest BCUT2D eigenvalue weighted by atomic mass is 9.52. The van der Waals surface area contributed by atoms with Crippen LogP contribution in [0.4, 0.5) is 0 Å². The van der Waals surface area contributed by atoms with Gasteiger partial charge in [0.25, 0.3) is 0 Å². The maximum atomic E-state index is 11.2. The summed E-state index contributed by atoms with van der Waals surface area (Å²) in [5, 5.41) is 9.19. The van der Waals surface area contributed by atoms with Crippen molar-refractivity contribution in [2.45, 2.75) is 90.8 Å². The molecule has 0 spiro atoms. The largest absolute Gasteiger partial charge is 0.481 e. The van der Waals surface area contributed by atoms with Gasteiger partial charge in [-0.1, -0.05) is 38.2 Å². The molecule has 4 nitrogen and oxygen atoms in total. The van der Waals surface area contributed by atoms with Crippen LogP contribution in [0.1, 0.15) is 79.1 Å². The topological polar surface area (TPSA) is 55.8 Å². The first-order valence-electron chi connectivity index (χ1n) is 10.9. The van der Waals surface area contributed by atoms with E-state index in [1.165, 1.54) is 24.0 Å². The van der Waals surface area contributed by atoms with Gasteiger partial charge in [0.15, 0.2) is 0 Å². The lowest BCUT2D eigenvalue weighted by Crippen LogP contribution is -2.46. The van der Waals surface area contributed by atoms with Crippen molar-refractivity contribution in [3.05, 3.63) is 24.3 Å². The number of hydrogen-bond donors (Lipinski definition) is 1. The lowest BCUT2D eigenvalue weighted by Gasteiger charge is -2.53. The molecule has 0 amide bonds. The van der Waals surface area contributed by atoms with E-state index in [1.807, 2.05) is 0 Å². The number of allylic oxidation sites excluding steroid dienone is 2. The number of carbonyl (C=O) groups is 1. The lowest BCUT2D eigenvalue weighted by molar-refractivity contribution is -0.411. The summed E-state index contributed by atoms with van der Waals surface area (Å²) < 4.78 is 0. The number of fused-ring (bicyclic) bond motifs is 1. The van der Waals surface area contributed by atoms with Crippen LogP contribution in [0.5, 0.6) is 0 Å². The van der Waals surface area contributed by atoms with E-state index in [0.29, 0.717) is 11.8 Å². The zero-order valence-corrected chi connectivity index (χ0v) is 18.1. The van der Waals surface area contributed by atoms with Crippen LogP contribution in [-0.4, -0.2) is 22.8 Å². The van der Waals surface area contributed by atoms with Gasteiger partial charge in [-0.25, -0.2) is 9.78 Å². The molecule has 0 unspecified atom stereocenters. The van der Waals surface area contributed by atoms with Gasteiger partial charge >= 0.3 is 5.97 Å². The van der Waals surface area contributed by atoms with Crippen LogP contribution in [0, 0.1) is 29.1 Å². The minimum atomic E-state index is -0.831. The minimum absolute atomic E-state index is 0.243. The van der Waals surface area contributed by atoms with Crippen LogP contribution in [-0.2, 0) is 14.6 Å². The summed E-state index contributed by atoms with van der Waals surface area (Å²) in [4.78, 5) is 22.5. The molecule has 3 aliphatic rings. The van der Waals surface area contributed by atoms with E-state index >= 15 is 0 Å². The molecule has 0 aromatic heterocycles. The summed E-state index contributed by atoms with van der Waals surface area (Å²) in [6.07, 6.45) is 7.89. The highest BCUT2D eigenvalue weighted by atomic mass is 17.2. The summed E-state index contributed by atoms with van der Waals surface area (Å²) in [5.74, 6) is 0.576. The van der Waals surface area contributed by atoms with Gasteiger partial charge < -0.3 is 5.11 Å². The van der Waals surface area contributed by atoms with E-state index in [0.717, 1.165) is 44.4 Å². The number of rotatable bonds is 5. The summed E-state index contributed by atoms with van der Waals surface area (Å²) >= 11 is 0. The zero-order valence-electron chi connectivity index (χ0n) is 18.1. The molecule has 0 bridgehead atoms. The van der Waals surface area contributed by atoms with Crippen molar-refractivity contribution in [3.63, 3.8) is 0 Å². The highest BCUT2D eigenvalue weighted by Gasteiger charge is 2.48. The van der Waals surface area contributed by atoms with Gasteiger partial charge in [-0.2, -0.15) is 0 Å². The van der Waals surface area contributed by atoms with E-state index in [1.54, 1.807) is 6.92 Å². The summed E-state index contributed by atoms with van der Waals surface area (Å²) in [7, 11) is 0. The molecule has 1 heterocycles. The minimum Gasteiger partial charge on any atom is -0.481 e. The maximum absolute atomic E-state index is 11.2. The van der Waals surface area contributed by atoms with Gasteiger partial charge in [0.1, 0.15) is 11.7 Å². The van der Waals surface area contributed by atoms with Gasteiger partial charge in [-0.15, -0.1) is 0 Å². The molecule has 3 rings (SSSR count). The Hall–Kier alpha value is -1.13. The molecule has 2 aliphatic carbocycles. The smallest absolute Gasteiger partial charge is 0.308 e. The normalized spacial score (nSPS) is 39.3. The molecule has 158 valence electrons. The predicted molar refractivity (Wildman–Crippen MR) is 111 cm³/mol. The molecular formula is C24H38O4. The van der Waals surface area contributed by atoms with Gasteiger partial charge in [0, 0.05) is 0 Å². The number of hydrogen-bond acceptors (Lipinski definition) is 3. The second kappa shape index (κ2) is 7.95. The SMILES string of the molecule is C=C1CC[C@@H]2[C@@H](C1)CC(=C)[C@@H](CC[C@]1(C)CC[C@@H]([C@H](C)C(=O)O)OO1)C2(C)C. The first-order valence-corrected chi connectivity index (χ1v) is 10.9. The molecule has 2 saturated carbocycles. The van der Waals surface area contributed by atoms with Crippen LogP contribution in [0.25, 0.3) is 0 Å². The Kier molecular flexibility index (Phi) is 6.12.